The lowest BCUT2D eigenvalue weighted by molar-refractivity contribution is 0.0508. The molecule has 2 aromatic rings. The number of aryl methyl sites for hydroxylation is 1. The van der Waals surface area contributed by atoms with Crippen LogP contribution in [0.15, 0.2) is 23.7 Å². The van der Waals surface area contributed by atoms with Crippen molar-refractivity contribution in [2.24, 2.45) is 5.92 Å². The highest BCUT2D eigenvalue weighted by molar-refractivity contribution is 7.11. The van der Waals surface area contributed by atoms with Crippen molar-refractivity contribution < 1.29 is 14.3 Å². The van der Waals surface area contributed by atoms with Crippen LogP contribution in [-0.4, -0.2) is 36.1 Å². The summed E-state index contributed by atoms with van der Waals surface area (Å²) in [6.07, 6.45) is 4.38. The first-order chi connectivity index (χ1) is 13.5. The summed E-state index contributed by atoms with van der Waals surface area (Å²) in [7, 11) is 3.30. The van der Waals surface area contributed by atoms with Crippen molar-refractivity contribution in [3.05, 3.63) is 39.8 Å². The van der Waals surface area contributed by atoms with Crippen molar-refractivity contribution in [2.45, 2.75) is 58.5 Å². The minimum atomic E-state index is -0.103. The number of ether oxygens (including phenoxy) is 2. The van der Waals surface area contributed by atoms with E-state index in [1.807, 2.05) is 25.1 Å². The van der Waals surface area contributed by atoms with Gasteiger partial charge in [-0.15, -0.1) is 11.3 Å². The van der Waals surface area contributed by atoms with Crippen LogP contribution < -0.4 is 9.47 Å². The molecule has 1 aromatic heterocycles. The summed E-state index contributed by atoms with van der Waals surface area (Å²) in [5, 5.41) is 0. The molecule has 1 heterocycles. The molecule has 152 valence electrons. The molecular weight excluding hydrogens is 372 g/mol. The van der Waals surface area contributed by atoms with Crippen LogP contribution in [0.4, 0.5) is 0 Å². The van der Waals surface area contributed by atoms with Gasteiger partial charge in [0, 0.05) is 17.7 Å². The standard InChI is InChI=1S/C22H30N2O3S/c1-14-6-8-17(9-7-14)24(22(25)21-15(2)23-13-28-21)16(3)19-11-10-18(26-4)12-20(19)27-5/h10-14,16-17H,6-9H2,1-5H3/t14?,16-,17?/m1/s1. The maximum atomic E-state index is 13.6. The number of hydrogen-bond donors (Lipinski definition) is 0. The summed E-state index contributed by atoms with van der Waals surface area (Å²) < 4.78 is 11.0. The number of carbonyl (C=O) groups excluding carboxylic acids is 1. The largest absolute Gasteiger partial charge is 0.497 e. The molecule has 1 aromatic carbocycles. The minimum absolute atomic E-state index is 0.0740. The Morgan fingerprint density at radius 1 is 1.21 bits per heavy atom. The van der Waals surface area contributed by atoms with Gasteiger partial charge in [0.15, 0.2) is 0 Å². The van der Waals surface area contributed by atoms with Crippen molar-refractivity contribution in [1.29, 1.82) is 0 Å². The fraction of sp³-hybridized carbons (Fsp3) is 0.545. The normalized spacial score (nSPS) is 20.5. The van der Waals surface area contributed by atoms with E-state index in [4.69, 9.17) is 9.47 Å². The monoisotopic (exact) mass is 402 g/mol. The molecule has 0 bridgehead atoms. The number of methoxy groups -OCH3 is 2. The van der Waals surface area contributed by atoms with E-state index < -0.39 is 0 Å². The number of amides is 1. The Bertz CT molecular complexity index is 812. The van der Waals surface area contributed by atoms with Gasteiger partial charge in [0.25, 0.3) is 5.91 Å². The zero-order valence-electron chi connectivity index (χ0n) is 17.4. The zero-order valence-corrected chi connectivity index (χ0v) is 18.2. The number of benzene rings is 1. The number of hydrogen-bond acceptors (Lipinski definition) is 5. The molecule has 6 heteroatoms. The second kappa shape index (κ2) is 8.95. The van der Waals surface area contributed by atoms with Crippen molar-refractivity contribution in [3.8, 4) is 11.5 Å². The van der Waals surface area contributed by atoms with E-state index in [0.717, 1.165) is 59.2 Å². The number of aromatic nitrogens is 1. The highest BCUT2D eigenvalue weighted by Crippen LogP contribution is 2.38. The van der Waals surface area contributed by atoms with E-state index in [9.17, 15) is 4.79 Å². The van der Waals surface area contributed by atoms with Gasteiger partial charge >= 0.3 is 0 Å². The van der Waals surface area contributed by atoms with Crippen molar-refractivity contribution in [3.63, 3.8) is 0 Å². The first kappa shape index (κ1) is 20.6. The first-order valence-electron chi connectivity index (χ1n) is 9.90. The van der Waals surface area contributed by atoms with Gasteiger partial charge in [-0.2, -0.15) is 0 Å². The fourth-order valence-corrected chi connectivity index (χ4v) is 4.86. The first-order valence-corrected chi connectivity index (χ1v) is 10.8. The molecule has 0 N–H and O–H groups in total. The topological polar surface area (TPSA) is 51.7 Å². The zero-order chi connectivity index (χ0) is 20.3. The maximum Gasteiger partial charge on any atom is 0.266 e. The Morgan fingerprint density at radius 2 is 1.93 bits per heavy atom. The third kappa shape index (κ3) is 4.17. The molecular formula is C22H30N2O3S. The predicted octanol–water partition coefficient (Wildman–Crippen LogP) is 5.25. The maximum absolute atomic E-state index is 13.6. The number of nitrogens with zero attached hydrogens (tertiary/aromatic N) is 2. The van der Waals surface area contributed by atoms with Gasteiger partial charge in [-0.25, -0.2) is 4.98 Å². The van der Waals surface area contributed by atoms with Gasteiger partial charge in [-0.3, -0.25) is 4.79 Å². The number of carbonyl (C=O) groups is 1. The summed E-state index contributed by atoms with van der Waals surface area (Å²) in [5.41, 5.74) is 3.55. The Hall–Kier alpha value is -2.08. The molecule has 0 radical (unpaired) electrons. The molecule has 1 aliphatic rings. The SMILES string of the molecule is COc1ccc([C@@H](C)N(C(=O)c2scnc2C)C2CCC(C)CC2)c(OC)c1. The molecule has 1 amide bonds. The van der Waals surface area contributed by atoms with E-state index in [-0.39, 0.29) is 18.0 Å². The lowest BCUT2D eigenvalue weighted by atomic mass is 9.85. The lowest BCUT2D eigenvalue weighted by Gasteiger charge is -2.40. The van der Waals surface area contributed by atoms with Gasteiger partial charge in [0.1, 0.15) is 16.4 Å². The molecule has 0 saturated heterocycles. The van der Waals surface area contributed by atoms with Crippen LogP contribution in [0, 0.1) is 12.8 Å². The molecule has 5 nitrogen and oxygen atoms in total. The van der Waals surface area contributed by atoms with Gasteiger partial charge in [-0.1, -0.05) is 6.92 Å². The molecule has 0 aliphatic heterocycles. The second-order valence-corrected chi connectivity index (χ2v) is 8.53. The Morgan fingerprint density at radius 3 is 2.50 bits per heavy atom. The molecule has 0 unspecified atom stereocenters. The van der Waals surface area contributed by atoms with Crippen LogP contribution in [0.5, 0.6) is 11.5 Å². The van der Waals surface area contributed by atoms with E-state index in [1.54, 1.807) is 19.7 Å². The smallest absolute Gasteiger partial charge is 0.266 e. The molecule has 28 heavy (non-hydrogen) atoms. The molecule has 1 fully saturated rings. The van der Waals surface area contributed by atoms with Crippen LogP contribution in [0.1, 0.15) is 66.5 Å². The van der Waals surface area contributed by atoms with Crippen LogP contribution in [0.3, 0.4) is 0 Å². The van der Waals surface area contributed by atoms with Crippen molar-refractivity contribution in [1.82, 2.24) is 9.88 Å². The van der Waals surface area contributed by atoms with Crippen LogP contribution >= 0.6 is 11.3 Å². The summed E-state index contributed by atoms with van der Waals surface area (Å²) in [4.78, 5) is 20.7. The highest BCUT2D eigenvalue weighted by atomic mass is 32.1. The minimum Gasteiger partial charge on any atom is -0.497 e. The van der Waals surface area contributed by atoms with E-state index in [2.05, 4.69) is 23.7 Å². The molecule has 1 aliphatic carbocycles. The van der Waals surface area contributed by atoms with Crippen LogP contribution in [0.2, 0.25) is 0 Å². The highest BCUT2D eigenvalue weighted by Gasteiger charge is 2.34. The average Bonchev–Trinajstić information content (AvgIpc) is 3.14. The molecule has 1 atom stereocenters. The Balaban J connectivity index is 1.98. The van der Waals surface area contributed by atoms with Crippen molar-refractivity contribution >= 4 is 17.2 Å². The lowest BCUT2D eigenvalue weighted by Crippen LogP contribution is -2.43. The summed E-state index contributed by atoms with van der Waals surface area (Å²) >= 11 is 1.43. The van der Waals surface area contributed by atoms with E-state index in [0.29, 0.717) is 0 Å². The van der Waals surface area contributed by atoms with Gasteiger partial charge in [-0.05, 0) is 57.6 Å². The Labute approximate surface area is 171 Å². The van der Waals surface area contributed by atoms with Crippen molar-refractivity contribution in [2.75, 3.05) is 14.2 Å². The van der Waals surface area contributed by atoms with Gasteiger partial charge in [0.2, 0.25) is 0 Å². The third-order valence-electron chi connectivity index (χ3n) is 5.86. The van der Waals surface area contributed by atoms with Gasteiger partial charge < -0.3 is 14.4 Å². The summed E-state index contributed by atoms with van der Waals surface area (Å²) in [5.74, 6) is 2.29. The number of rotatable bonds is 6. The number of thiazole rings is 1. The Kier molecular flexibility index (Phi) is 6.60. The summed E-state index contributed by atoms with van der Waals surface area (Å²) in [6, 6.07) is 5.95. The van der Waals surface area contributed by atoms with E-state index >= 15 is 0 Å². The molecule has 1 saturated carbocycles. The summed E-state index contributed by atoms with van der Waals surface area (Å²) in [6.45, 7) is 6.30. The molecule has 3 rings (SSSR count). The average molecular weight is 403 g/mol. The molecule has 0 spiro atoms. The van der Waals surface area contributed by atoms with E-state index in [1.165, 1.54) is 11.3 Å². The van der Waals surface area contributed by atoms with Crippen LogP contribution in [0.25, 0.3) is 0 Å². The van der Waals surface area contributed by atoms with Gasteiger partial charge in [0.05, 0.1) is 31.5 Å². The predicted molar refractivity (Wildman–Crippen MR) is 112 cm³/mol. The van der Waals surface area contributed by atoms with Crippen LogP contribution in [-0.2, 0) is 0 Å². The second-order valence-electron chi connectivity index (χ2n) is 7.68. The quantitative estimate of drug-likeness (QED) is 0.662. The fourth-order valence-electron chi connectivity index (χ4n) is 4.12. The third-order valence-corrected chi connectivity index (χ3v) is 6.78.